The number of aromatic nitrogens is 4. The van der Waals surface area contributed by atoms with E-state index in [4.69, 9.17) is 0 Å². The van der Waals surface area contributed by atoms with Gasteiger partial charge in [0, 0.05) is 13.6 Å². The first-order valence-corrected chi connectivity index (χ1v) is 8.08. The highest BCUT2D eigenvalue weighted by molar-refractivity contribution is 5.99. The third-order valence-corrected chi connectivity index (χ3v) is 3.97. The van der Waals surface area contributed by atoms with Gasteiger partial charge in [0.2, 0.25) is 5.95 Å². The fraction of sp³-hybridized carbons (Fsp3) is 0.294. The molecule has 8 heteroatoms. The zero-order chi connectivity index (χ0) is 18.0. The Morgan fingerprint density at radius 3 is 2.68 bits per heavy atom. The highest BCUT2D eigenvalue weighted by atomic mass is 16.2. The van der Waals surface area contributed by atoms with E-state index in [0.717, 1.165) is 17.7 Å². The summed E-state index contributed by atoms with van der Waals surface area (Å²) in [5.74, 6) is 0.429. The fourth-order valence-corrected chi connectivity index (χ4v) is 2.64. The molecule has 0 aliphatic rings. The first-order chi connectivity index (χ1) is 12.0. The van der Waals surface area contributed by atoms with Gasteiger partial charge in [0.05, 0.1) is 5.71 Å². The molecule has 1 aromatic carbocycles. The van der Waals surface area contributed by atoms with E-state index in [-0.39, 0.29) is 0 Å². The Hall–Kier alpha value is -3.16. The van der Waals surface area contributed by atoms with Crippen LogP contribution in [0.25, 0.3) is 11.2 Å². The Morgan fingerprint density at radius 2 is 2.00 bits per heavy atom. The van der Waals surface area contributed by atoms with Crippen molar-refractivity contribution in [1.29, 1.82) is 0 Å². The third kappa shape index (κ3) is 3.10. The van der Waals surface area contributed by atoms with Crippen LogP contribution < -0.4 is 16.7 Å². The van der Waals surface area contributed by atoms with Gasteiger partial charge in [-0.1, -0.05) is 37.3 Å². The number of benzene rings is 1. The van der Waals surface area contributed by atoms with E-state index < -0.39 is 11.2 Å². The highest BCUT2D eigenvalue weighted by Gasteiger charge is 2.16. The zero-order valence-corrected chi connectivity index (χ0v) is 14.4. The van der Waals surface area contributed by atoms with Crippen LogP contribution in [-0.4, -0.2) is 24.8 Å². The minimum Gasteiger partial charge on any atom is -0.303 e. The molecule has 8 nitrogen and oxygen atoms in total. The SMILES string of the molecule is CCCn1c(N/N=C(\C)c2ccccc2)nc2c1c(=O)[nH]c(=O)n2C. The van der Waals surface area contributed by atoms with Gasteiger partial charge in [-0.05, 0) is 18.9 Å². The maximum absolute atomic E-state index is 12.2. The molecule has 0 saturated carbocycles. The summed E-state index contributed by atoms with van der Waals surface area (Å²) in [7, 11) is 1.58. The van der Waals surface area contributed by atoms with Crippen LogP contribution in [0.1, 0.15) is 25.8 Å². The monoisotopic (exact) mass is 340 g/mol. The smallest absolute Gasteiger partial charge is 0.303 e. The summed E-state index contributed by atoms with van der Waals surface area (Å²) in [5.41, 5.74) is 4.46. The third-order valence-electron chi connectivity index (χ3n) is 3.97. The Morgan fingerprint density at radius 1 is 1.28 bits per heavy atom. The van der Waals surface area contributed by atoms with Crippen LogP contribution in [0.15, 0.2) is 45.0 Å². The summed E-state index contributed by atoms with van der Waals surface area (Å²) >= 11 is 0. The number of H-pyrrole nitrogens is 1. The lowest BCUT2D eigenvalue weighted by molar-refractivity contribution is 0.698. The number of hydrogen-bond acceptors (Lipinski definition) is 5. The average Bonchev–Trinajstić information content (AvgIpc) is 2.98. The van der Waals surface area contributed by atoms with E-state index in [9.17, 15) is 9.59 Å². The predicted octanol–water partition coefficient (Wildman–Crippen LogP) is 1.67. The molecule has 2 N–H and O–H groups in total. The van der Waals surface area contributed by atoms with Crippen LogP contribution in [0.5, 0.6) is 0 Å². The Balaban J connectivity index is 2.08. The molecule has 3 rings (SSSR count). The van der Waals surface area contributed by atoms with Gasteiger partial charge in [0.1, 0.15) is 0 Å². The standard InChI is InChI=1S/C17H20N6O2/c1-4-10-23-13-14(22(3)17(25)19-15(13)24)18-16(23)21-20-11(2)12-8-6-5-7-9-12/h5-9H,4,10H2,1-3H3,(H,18,21)(H,19,24,25)/b20-11+. The first kappa shape index (κ1) is 16.7. The fourth-order valence-electron chi connectivity index (χ4n) is 2.64. The molecule has 2 aromatic heterocycles. The Labute approximate surface area is 143 Å². The van der Waals surface area contributed by atoms with E-state index in [1.807, 2.05) is 44.2 Å². The van der Waals surface area contributed by atoms with Crippen LogP contribution in [0, 0.1) is 0 Å². The van der Waals surface area contributed by atoms with Crippen LogP contribution in [0.2, 0.25) is 0 Å². The second kappa shape index (κ2) is 6.76. The molecule has 2 heterocycles. The number of nitrogens with zero attached hydrogens (tertiary/aromatic N) is 4. The van der Waals surface area contributed by atoms with E-state index >= 15 is 0 Å². The van der Waals surface area contributed by atoms with E-state index in [0.29, 0.717) is 23.7 Å². The molecule has 0 aliphatic carbocycles. The van der Waals surface area contributed by atoms with Crippen LogP contribution in [0.4, 0.5) is 5.95 Å². The molecule has 3 aromatic rings. The molecule has 25 heavy (non-hydrogen) atoms. The average molecular weight is 340 g/mol. The van der Waals surface area contributed by atoms with Gasteiger partial charge in [-0.2, -0.15) is 10.1 Å². The summed E-state index contributed by atoms with van der Waals surface area (Å²) in [4.78, 5) is 30.7. The second-order valence-electron chi connectivity index (χ2n) is 5.75. The van der Waals surface area contributed by atoms with Gasteiger partial charge in [-0.25, -0.2) is 10.2 Å². The van der Waals surface area contributed by atoms with Crippen molar-refractivity contribution in [3.05, 3.63) is 56.7 Å². The molecule has 0 bridgehead atoms. The number of aryl methyl sites for hydroxylation is 2. The van der Waals surface area contributed by atoms with Gasteiger partial charge >= 0.3 is 5.69 Å². The van der Waals surface area contributed by atoms with Gasteiger partial charge in [0.25, 0.3) is 5.56 Å². The molecule has 130 valence electrons. The van der Waals surface area contributed by atoms with Gasteiger partial charge < -0.3 is 4.57 Å². The Kier molecular flexibility index (Phi) is 4.51. The molecular formula is C17H20N6O2. The van der Waals surface area contributed by atoms with Crippen LogP contribution in [-0.2, 0) is 13.6 Å². The minimum absolute atomic E-state index is 0.331. The lowest BCUT2D eigenvalue weighted by Gasteiger charge is -2.07. The van der Waals surface area contributed by atoms with Crippen molar-refractivity contribution in [1.82, 2.24) is 19.1 Å². The molecule has 0 amide bonds. The van der Waals surface area contributed by atoms with Gasteiger partial charge in [-0.3, -0.25) is 14.3 Å². The van der Waals surface area contributed by atoms with Crippen molar-refractivity contribution in [2.75, 3.05) is 5.43 Å². The lowest BCUT2D eigenvalue weighted by atomic mass is 10.1. The number of imidazole rings is 1. The number of hydrogen-bond donors (Lipinski definition) is 2. The highest BCUT2D eigenvalue weighted by Crippen LogP contribution is 2.16. The van der Waals surface area contributed by atoms with Crippen molar-refractivity contribution in [3.8, 4) is 0 Å². The maximum Gasteiger partial charge on any atom is 0.329 e. The molecule has 0 fully saturated rings. The molecular weight excluding hydrogens is 320 g/mol. The van der Waals surface area contributed by atoms with Crippen molar-refractivity contribution in [3.63, 3.8) is 0 Å². The zero-order valence-electron chi connectivity index (χ0n) is 14.4. The summed E-state index contributed by atoms with van der Waals surface area (Å²) in [6.45, 7) is 4.47. The molecule has 0 radical (unpaired) electrons. The van der Waals surface area contributed by atoms with Crippen molar-refractivity contribution >= 4 is 22.8 Å². The van der Waals surface area contributed by atoms with Gasteiger partial charge in [0.15, 0.2) is 11.2 Å². The first-order valence-electron chi connectivity index (χ1n) is 8.08. The topological polar surface area (TPSA) is 97.1 Å². The number of hydrazone groups is 1. The maximum atomic E-state index is 12.2. The molecule has 0 aliphatic heterocycles. The van der Waals surface area contributed by atoms with Crippen LogP contribution >= 0.6 is 0 Å². The van der Waals surface area contributed by atoms with E-state index in [2.05, 4.69) is 20.5 Å². The Bertz CT molecular complexity index is 1040. The lowest BCUT2D eigenvalue weighted by Crippen LogP contribution is -2.29. The van der Waals surface area contributed by atoms with Crippen LogP contribution in [0.3, 0.4) is 0 Å². The summed E-state index contributed by atoms with van der Waals surface area (Å²) in [6.07, 6.45) is 0.809. The van der Waals surface area contributed by atoms with E-state index in [1.54, 1.807) is 11.6 Å². The van der Waals surface area contributed by atoms with Crippen molar-refractivity contribution < 1.29 is 0 Å². The number of nitrogens with one attached hydrogen (secondary N) is 2. The quantitative estimate of drug-likeness (QED) is 0.545. The minimum atomic E-state index is -0.492. The molecule has 0 atom stereocenters. The largest absolute Gasteiger partial charge is 0.329 e. The van der Waals surface area contributed by atoms with Crippen molar-refractivity contribution in [2.24, 2.45) is 12.1 Å². The number of rotatable bonds is 5. The molecule has 0 spiro atoms. The van der Waals surface area contributed by atoms with Gasteiger partial charge in [-0.15, -0.1) is 0 Å². The predicted molar refractivity (Wildman–Crippen MR) is 98.2 cm³/mol. The number of anilines is 1. The summed E-state index contributed by atoms with van der Waals surface area (Å²) in [6, 6.07) is 9.75. The van der Waals surface area contributed by atoms with E-state index in [1.165, 1.54) is 4.57 Å². The number of fused-ring (bicyclic) bond motifs is 1. The summed E-state index contributed by atoms with van der Waals surface area (Å²) in [5, 5.41) is 4.37. The summed E-state index contributed by atoms with van der Waals surface area (Å²) < 4.78 is 3.07. The normalized spacial score (nSPS) is 11.9. The number of aromatic amines is 1. The second-order valence-corrected chi connectivity index (χ2v) is 5.75. The van der Waals surface area contributed by atoms with Crippen molar-refractivity contribution in [2.45, 2.75) is 26.8 Å². The molecule has 0 unspecified atom stereocenters. The molecule has 0 saturated heterocycles.